The Morgan fingerprint density at radius 3 is 2.90 bits per heavy atom. The lowest BCUT2D eigenvalue weighted by Crippen LogP contribution is -1.92. The van der Waals surface area contributed by atoms with Gasteiger partial charge in [0.05, 0.1) is 6.61 Å². The van der Waals surface area contributed by atoms with Crippen molar-refractivity contribution in [3.63, 3.8) is 0 Å². The molecule has 0 saturated heterocycles. The Hall–Kier alpha value is -1.02. The van der Waals surface area contributed by atoms with Crippen molar-refractivity contribution in [2.45, 2.75) is 0 Å². The molecular weight excluding hydrogens is 126 g/mol. The summed E-state index contributed by atoms with van der Waals surface area (Å²) < 4.78 is 4.77. The van der Waals surface area contributed by atoms with Crippen molar-refractivity contribution in [1.82, 2.24) is 0 Å². The van der Waals surface area contributed by atoms with Gasteiger partial charge in [0.15, 0.2) is 0 Å². The average Bonchev–Trinajstić information content (AvgIpc) is 1.89. The molecular formula is C8H13NO. The van der Waals surface area contributed by atoms with Gasteiger partial charge in [0.2, 0.25) is 0 Å². The van der Waals surface area contributed by atoms with Crippen LogP contribution in [-0.4, -0.2) is 13.7 Å². The summed E-state index contributed by atoms with van der Waals surface area (Å²) in [6.07, 6.45) is 7.00. The van der Waals surface area contributed by atoms with Crippen LogP contribution in [0.3, 0.4) is 0 Å². The van der Waals surface area contributed by atoms with Crippen molar-refractivity contribution < 1.29 is 4.74 Å². The van der Waals surface area contributed by atoms with Crippen molar-refractivity contribution in [3.05, 3.63) is 36.6 Å². The van der Waals surface area contributed by atoms with Gasteiger partial charge < -0.3 is 10.5 Å². The second-order valence-electron chi connectivity index (χ2n) is 1.76. The fourth-order valence-electron chi connectivity index (χ4n) is 0.472. The molecule has 2 nitrogen and oxygen atoms in total. The zero-order valence-corrected chi connectivity index (χ0v) is 6.21. The molecule has 0 spiro atoms. The smallest absolute Gasteiger partial charge is 0.0647 e. The molecule has 0 heterocycles. The molecule has 0 amide bonds. The number of nitrogens with two attached hydrogens (primary N) is 1. The minimum Gasteiger partial charge on any atom is -0.399 e. The molecule has 0 aromatic carbocycles. The third-order valence-electron chi connectivity index (χ3n) is 0.883. The molecule has 0 aliphatic heterocycles. The molecule has 0 unspecified atom stereocenters. The molecule has 0 rings (SSSR count). The summed E-state index contributed by atoms with van der Waals surface area (Å²) in [6.45, 7) is 4.10. The molecule has 0 saturated carbocycles. The van der Waals surface area contributed by atoms with Crippen LogP contribution in [0, 0.1) is 0 Å². The van der Waals surface area contributed by atoms with Gasteiger partial charge in [-0.05, 0) is 12.2 Å². The second kappa shape index (κ2) is 6.11. The van der Waals surface area contributed by atoms with E-state index in [0.717, 1.165) is 0 Å². The molecule has 2 N–H and O–H groups in total. The zero-order chi connectivity index (χ0) is 7.82. The van der Waals surface area contributed by atoms with E-state index < -0.39 is 0 Å². The SMILES string of the molecule is C=C/C=C(N)\C=C/COC. The van der Waals surface area contributed by atoms with E-state index in [4.69, 9.17) is 10.5 Å². The first-order valence-corrected chi connectivity index (χ1v) is 3.05. The molecule has 0 bridgehead atoms. The first-order chi connectivity index (χ1) is 4.81. The van der Waals surface area contributed by atoms with E-state index in [0.29, 0.717) is 12.3 Å². The van der Waals surface area contributed by atoms with Crippen molar-refractivity contribution in [2.24, 2.45) is 5.73 Å². The maximum absolute atomic E-state index is 5.47. The first-order valence-electron chi connectivity index (χ1n) is 3.05. The summed E-state index contributed by atoms with van der Waals surface area (Å²) in [5.41, 5.74) is 6.16. The Balaban J connectivity index is 3.65. The Kier molecular flexibility index (Phi) is 5.48. The number of rotatable bonds is 4. The predicted octanol–water partition coefficient (Wildman–Crippen LogP) is 1.22. The Labute approximate surface area is 61.7 Å². The van der Waals surface area contributed by atoms with Gasteiger partial charge in [-0.25, -0.2) is 0 Å². The van der Waals surface area contributed by atoms with E-state index in [1.165, 1.54) is 0 Å². The average molecular weight is 139 g/mol. The van der Waals surface area contributed by atoms with E-state index >= 15 is 0 Å². The van der Waals surface area contributed by atoms with Gasteiger partial charge in [0.1, 0.15) is 0 Å². The summed E-state index contributed by atoms with van der Waals surface area (Å²) in [6, 6.07) is 0. The van der Waals surface area contributed by atoms with Crippen LogP contribution < -0.4 is 5.73 Å². The molecule has 0 radical (unpaired) electrons. The lowest BCUT2D eigenvalue weighted by molar-refractivity contribution is 0.234. The van der Waals surface area contributed by atoms with Gasteiger partial charge in [0.25, 0.3) is 0 Å². The zero-order valence-electron chi connectivity index (χ0n) is 6.21. The third-order valence-corrected chi connectivity index (χ3v) is 0.883. The maximum Gasteiger partial charge on any atom is 0.0647 e. The van der Waals surface area contributed by atoms with Crippen LogP contribution >= 0.6 is 0 Å². The molecule has 2 heteroatoms. The lowest BCUT2D eigenvalue weighted by atomic mass is 10.3. The fourth-order valence-corrected chi connectivity index (χ4v) is 0.472. The molecule has 0 aromatic rings. The summed E-state index contributed by atoms with van der Waals surface area (Å²) in [7, 11) is 1.64. The third kappa shape index (κ3) is 5.12. The topological polar surface area (TPSA) is 35.2 Å². The molecule has 10 heavy (non-hydrogen) atoms. The van der Waals surface area contributed by atoms with Crippen molar-refractivity contribution in [1.29, 1.82) is 0 Å². The summed E-state index contributed by atoms with van der Waals surface area (Å²) >= 11 is 0. The van der Waals surface area contributed by atoms with Crippen LogP contribution in [0.2, 0.25) is 0 Å². The molecule has 56 valence electrons. The molecule has 0 aliphatic carbocycles. The summed E-state index contributed by atoms with van der Waals surface area (Å²) in [5, 5.41) is 0. The van der Waals surface area contributed by atoms with Crippen LogP contribution in [0.25, 0.3) is 0 Å². The van der Waals surface area contributed by atoms with Gasteiger partial charge in [-0.3, -0.25) is 0 Å². The van der Waals surface area contributed by atoms with E-state index in [1.54, 1.807) is 25.3 Å². The van der Waals surface area contributed by atoms with Gasteiger partial charge >= 0.3 is 0 Å². The largest absolute Gasteiger partial charge is 0.399 e. The predicted molar refractivity (Wildman–Crippen MR) is 43.5 cm³/mol. The number of hydrogen-bond acceptors (Lipinski definition) is 2. The Bertz CT molecular complexity index is 147. The standard InChI is InChI=1S/C8H13NO/c1-3-5-8(9)6-4-7-10-2/h3-6H,1,7,9H2,2H3/b6-4-,8-5+. The molecule has 0 atom stereocenters. The summed E-state index contributed by atoms with van der Waals surface area (Å²) in [5.74, 6) is 0. The van der Waals surface area contributed by atoms with Crippen molar-refractivity contribution in [2.75, 3.05) is 13.7 Å². The van der Waals surface area contributed by atoms with Crippen LogP contribution in [0.15, 0.2) is 36.6 Å². The van der Waals surface area contributed by atoms with Crippen molar-refractivity contribution in [3.8, 4) is 0 Å². The minimum absolute atomic E-state index is 0.589. The highest BCUT2D eigenvalue weighted by molar-refractivity contribution is 5.19. The minimum atomic E-state index is 0.589. The van der Waals surface area contributed by atoms with Crippen LogP contribution in [0.5, 0.6) is 0 Å². The van der Waals surface area contributed by atoms with Crippen LogP contribution in [0.1, 0.15) is 0 Å². The molecule has 0 fully saturated rings. The van der Waals surface area contributed by atoms with E-state index in [1.807, 2.05) is 6.08 Å². The highest BCUT2D eigenvalue weighted by Gasteiger charge is 1.76. The highest BCUT2D eigenvalue weighted by atomic mass is 16.5. The molecule has 0 aromatic heterocycles. The first kappa shape index (κ1) is 8.98. The normalized spacial score (nSPS) is 12.3. The van der Waals surface area contributed by atoms with Crippen LogP contribution in [0.4, 0.5) is 0 Å². The lowest BCUT2D eigenvalue weighted by Gasteiger charge is -1.89. The maximum atomic E-state index is 5.47. The number of allylic oxidation sites excluding steroid dienone is 3. The van der Waals surface area contributed by atoms with Gasteiger partial charge in [-0.15, -0.1) is 0 Å². The second-order valence-corrected chi connectivity index (χ2v) is 1.76. The van der Waals surface area contributed by atoms with Gasteiger partial charge in [-0.2, -0.15) is 0 Å². The van der Waals surface area contributed by atoms with Crippen molar-refractivity contribution >= 4 is 0 Å². The number of ether oxygens (including phenoxy) is 1. The van der Waals surface area contributed by atoms with Gasteiger partial charge in [0, 0.05) is 12.8 Å². The van der Waals surface area contributed by atoms with E-state index in [-0.39, 0.29) is 0 Å². The summed E-state index contributed by atoms with van der Waals surface area (Å²) in [4.78, 5) is 0. The number of hydrogen-bond donors (Lipinski definition) is 1. The quantitative estimate of drug-likeness (QED) is 0.594. The molecule has 0 aliphatic rings. The van der Waals surface area contributed by atoms with E-state index in [2.05, 4.69) is 6.58 Å². The van der Waals surface area contributed by atoms with E-state index in [9.17, 15) is 0 Å². The highest BCUT2D eigenvalue weighted by Crippen LogP contribution is 1.86. The number of methoxy groups -OCH3 is 1. The van der Waals surface area contributed by atoms with Crippen LogP contribution in [-0.2, 0) is 4.74 Å². The Morgan fingerprint density at radius 2 is 2.40 bits per heavy atom. The monoisotopic (exact) mass is 139 g/mol. The van der Waals surface area contributed by atoms with Gasteiger partial charge in [-0.1, -0.05) is 18.7 Å². The fraction of sp³-hybridized carbons (Fsp3) is 0.250. The Morgan fingerprint density at radius 1 is 1.70 bits per heavy atom.